The second-order valence-corrected chi connectivity index (χ2v) is 18.4. The van der Waals surface area contributed by atoms with E-state index in [0.29, 0.717) is 6.42 Å². The second-order valence-electron chi connectivity index (χ2n) is 18.4. The molecule has 8 fully saturated rings. The molecule has 0 aromatic carbocycles. The van der Waals surface area contributed by atoms with Gasteiger partial charge in [0.25, 0.3) is 0 Å². The first-order chi connectivity index (χ1) is 20.8. The maximum absolute atomic E-state index is 12.7. The summed E-state index contributed by atoms with van der Waals surface area (Å²) in [5, 5.41) is 66.9. The first kappa shape index (κ1) is 31.8. The molecule has 18 atom stereocenters. The van der Waals surface area contributed by atoms with E-state index in [2.05, 4.69) is 34.6 Å². The molecular formula is C35H56O10. The summed E-state index contributed by atoms with van der Waals surface area (Å²) in [5.74, 6) is -0.981. The Morgan fingerprint density at radius 1 is 0.822 bits per heavy atom. The van der Waals surface area contributed by atoms with Crippen molar-refractivity contribution in [3.05, 3.63) is 0 Å². The summed E-state index contributed by atoms with van der Waals surface area (Å²) >= 11 is 0. The van der Waals surface area contributed by atoms with Gasteiger partial charge >= 0.3 is 0 Å². The zero-order chi connectivity index (χ0) is 32.5. The highest BCUT2D eigenvalue weighted by atomic mass is 16.8. The van der Waals surface area contributed by atoms with E-state index in [0.717, 1.165) is 38.5 Å². The third-order valence-corrected chi connectivity index (χ3v) is 15.8. The lowest BCUT2D eigenvalue weighted by Crippen LogP contribution is -2.64. The largest absolute Gasteiger partial charge is 0.393 e. The van der Waals surface area contributed by atoms with Crippen molar-refractivity contribution in [2.75, 3.05) is 6.61 Å². The second kappa shape index (κ2) is 9.23. The van der Waals surface area contributed by atoms with Crippen molar-refractivity contribution < 1.29 is 49.6 Å². The number of rotatable bonds is 3. The third kappa shape index (κ3) is 3.56. The molecule has 10 heteroatoms. The van der Waals surface area contributed by atoms with Crippen molar-refractivity contribution in [3.8, 4) is 0 Å². The lowest BCUT2D eigenvalue weighted by atomic mass is 9.40. The van der Waals surface area contributed by atoms with E-state index < -0.39 is 59.7 Å². The molecular weight excluding hydrogens is 580 g/mol. The Labute approximate surface area is 266 Å². The van der Waals surface area contributed by atoms with Gasteiger partial charge in [-0.05, 0) is 98.2 Å². The first-order valence-corrected chi connectivity index (χ1v) is 17.6. The van der Waals surface area contributed by atoms with Gasteiger partial charge in [-0.2, -0.15) is 0 Å². The highest BCUT2D eigenvalue weighted by Gasteiger charge is 2.89. The van der Waals surface area contributed by atoms with E-state index in [1.807, 2.05) is 0 Å². The molecule has 2 unspecified atom stereocenters. The van der Waals surface area contributed by atoms with Gasteiger partial charge in [0.15, 0.2) is 12.1 Å². The minimum absolute atomic E-state index is 0.0126. The first-order valence-electron chi connectivity index (χ1n) is 17.6. The number of fused-ring (bicyclic) bond motifs is 4. The molecule has 10 nitrogen and oxygen atoms in total. The summed E-state index contributed by atoms with van der Waals surface area (Å²) in [4.78, 5) is 0. The van der Waals surface area contributed by atoms with Gasteiger partial charge in [0.05, 0.1) is 30.5 Å². The van der Waals surface area contributed by atoms with E-state index in [4.69, 9.17) is 18.9 Å². The van der Waals surface area contributed by atoms with Crippen molar-refractivity contribution in [1.82, 2.24) is 0 Å². The van der Waals surface area contributed by atoms with Gasteiger partial charge in [-0.3, -0.25) is 0 Å². The molecule has 2 bridgehead atoms. The monoisotopic (exact) mass is 636 g/mol. The third-order valence-electron chi connectivity index (χ3n) is 15.8. The van der Waals surface area contributed by atoms with Crippen LogP contribution in [0.4, 0.5) is 0 Å². The molecule has 3 heterocycles. The van der Waals surface area contributed by atoms with Crippen molar-refractivity contribution in [1.29, 1.82) is 0 Å². The van der Waals surface area contributed by atoms with Crippen LogP contribution in [0.1, 0.15) is 93.4 Å². The fourth-order valence-corrected chi connectivity index (χ4v) is 13.9. The molecule has 8 aliphatic rings. The van der Waals surface area contributed by atoms with Crippen LogP contribution in [-0.4, -0.2) is 104 Å². The summed E-state index contributed by atoms with van der Waals surface area (Å²) < 4.78 is 25.6. The van der Waals surface area contributed by atoms with Gasteiger partial charge < -0.3 is 49.6 Å². The van der Waals surface area contributed by atoms with Crippen LogP contribution in [0.25, 0.3) is 0 Å². The quantitative estimate of drug-likeness (QED) is 0.254. The smallest absolute Gasteiger partial charge is 0.199 e. The number of aliphatic hydroxyl groups is 6. The normalized spacial score (nSPS) is 62.7. The molecule has 45 heavy (non-hydrogen) atoms. The average molecular weight is 637 g/mol. The van der Waals surface area contributed by atoms with Crippen LogP contribution in [0.5, 0.6) is 0 Å². The van der Waals surface area contributed by atoms with Gasteiger partial charge in [-0.15, -0.1) is 0 Å². The predicted octanol–water partition coefficient (Wildman–Crippen LogP) is 2.09. The molecule has 8 rings (SSSR count). The minimum atomic E-state index is -1.34. The Bertz CT molecular complexity index is 1240. The Morgan fingerprint density at radius 3 is 2.22 bits per heavy atom. The Kier molecular flexibility index (Phi) is 6.53. The average Bonchev–Trinajstić information content (AvgIpc) is 3.44. The van der Waals surface area contributed by atoms with Gasteiger partial charge in [-0.25, -0.2) is 0 Å². The van der Waals surface area contributed by atoms with Gasteiger partial charge in [0.2, 0.25) is 0 Å². The van der Waals surface area contributed by atoms with Gasteiger partial charge in [0, 0.05) is 11.3 Å². The number of hydrogen-bond acceptors (Lipinski definition) is 10. The summed E-state index contributed by atoms with van der Waals surface area (Å²) in [6.45, 7) is 14.6. The number of hydrogen-bond donors (Lipinski definition) is 6. The van der Waals surface area contributed by atoms with E-state index in [9.17, 15) is 30.6 Å². The van der Waals surface area contributed by atoms with Crippen LogP contribution in [0.2, 0.25) is 0 Å². The SMILES string of the molecule is C[C@@H]1C[C@H]2O[C@@]3(O[C@@H]2C(C)(C)O)[C@H](O)[C@@]2(C)[C@@H]4C(O)CC5C(C)(C)[C@@H](O[C@@H]6OC[C@@H](O)[C@H](O)[C@H]6O)CC[C@@]56C[C@@]46CC[C@]2(C)[C@@H]13. The molecule has 6 N–H and O–H groups in total. The van der Waals surface area contributed by atoms with Crippen LogP contribution in [-0.2, 0) is 18.9 Å². The topological polar surface area (TPSA) is 158 Å². The predicted molar refractivity (Wildman–Crippen MR) is 160 cm³/mol. The van der Waals surface area contributed by atoms with Crippen molar-refractivity contribution in [2.24, 2.45) is 50.7 Å². The minimum Gasteiger partial charge on any atom is -0.393 e. The zero-order valence-electron chi connectivity index (χ0n) is 28.0. The fraction of sp³-hybridized carbons (Fsp3) is 1.00. The van der Waals surface area contributed by atoms with E-state index in [1.54, 1.807) is 13.8 Å². The highest BCUT2D eigenvalue weighted by molar-refractivity contribution is 5.35. The Balaban J connectivity index is 1.12. The zero-order valence-corrected chi connectivity index (χ0v) is 28.0. The maximum atomic E-state index is 12.7. The molecule has 0 amide bonds. The van der Waals surface area contributed by atoms with Crippen LogP contribution in [0.15, 0.2) is 0 Å². The van der Waals surface area contributed by atoms with Gasteiger partial charge in [0.1, 0.15) is 30.5 Å². The molecule has 0 aromatic heterocycles. The molecule has 5 aliphatic carbocycles. The van der Waals surface area contributed by atoms with E-state index in [1.165, 1.54) is 0 Å². The fourth-order valence-electron chi connectivity index (χ4n) is 13.9. The summed E-state index contributed by atoms with van der Waals surface area (Å²) in [6.07, 6.45) is -1.51. The summed E-state index contributed by atoms with van der Waals surface area (Å²) in [6, 6.07) is 0. The molecule has 3 saturated heterocycles. The Morgan fingerprint density at radius 2 is 1.53 bits per heavy atom. The summed E-state index contributed by atoms with van der Waals surface area (Å²) in [5.41, 5.74) is -2.54. The molecule has 256 valence electrons. The Hall–Kier alpha value is -0.400. The standard InChI is InChI=1S/C35H56O10/c1-16-12-19-26(30(4,5)41)45-35(44-19)24(16)31(6)10-11-34-15-33(34)9-8-21(43-27-23(39)22(38)18(37)14-42-27)29(2,3)20(33)13-17(36)25(34)32(31,7)28(35)40/h16-28,36-41H,8-15H2,1-7H3/t16-,17?,18-,19-,20?,21+,22+,23-,24-,25+,26+,27+,28-,31-,32-,33-,34+,35+/m1/s1. The van der Waals surface area contributed by atoms with Crippen LogP contribution in [0, 0.1) is 50.7 Å². The maximum Gasteiger partial charge on any atom is 0.199 e. The number of aliphatic hydroxyl groups excluding tert-OH is 5. The molecule has 3 spiro atoms. The van der Waals surface area contributed by atoms with Crippen LogP contribution >= 0.6 is 0 Å². The molecule has 3 aliphatic heterocycles. The van der Waals surface area contributed by atoms with Crippen LogP contribution in [0.3, 0.4) is 0 Å². The molecule has 0 aromatic rings. The van der Waals surface area contributed by atoms with Crippen molar-refractivity contribution in [3.63, 3.8) is 0 Å². The van der Waals surface area contributed by atoms with Crippen LogP contribution < -0.4 is 0 Å². The lowest BCUT2D eigenvalue weighted by molar-refractivity contribution is -0.305. The van der Waals surface area contributed by atoms with Crippen molar-refractivity contribution >= 4 is 0 Å². The summed E-state index contributed by atoms with van der Waals surface area (Å²) in [7, 11) is 0. The highest BCUT2D eigenvalue weighted by Crippen LogP contribution is 2.90. The van der Waals surface area contributed by atoms with Gasteiger partial charge in [-0.1, -0.05) is 34.6 Å². The molecule has 0 radical (unpaired) electrons. The number of ether oxygens (including phenoxy) is 4. The molecule has 5 saturated carbocycles. The van der Waals surface area contributed by atoms with E-state index in [-0.39, 0.29) is 64.1 Å². The lowest BCUT2D eigenvalue weighted by Gasteiger charge is -2.64. The van der Waals surface area contributed by atoms with E-state index >= 15 is 0 Å². The van der Waals surface area contributed by atoms with Crippen molar-refractivity contribution in [2.45, 2.75) is 160 Å².